The van der Waals surface area contributed by atoms with Gasteiger partial charge in [-0.15, -0.1) is 0 Å². The molecule has 1 atom stereocenters. The number of hydrogen-bond donors (Lipinski definition) is 2. The zero-order valence-electron chi connectivity index (χ0n) is 11.3. The Balaban J connectivity index is 2.34. The van der Waals surface area contributed by atoms with Gasteiger partial charge in [-0.1, -0.05) is 13.3 Å². The van der Waals surface area contributed by atoms with Crippen LogP contribution in [-0.4, -0.2) is 67.4 Å². The normalized spacial score (nSPS) is 18.5. The molecule has 6 heteroatoms. The summed E-state index contributed by atoms with van der Waals surface area (Å²) in [4.78, 5) is 27.1. The number of nitrogens with zero attached hydrogens (tertiary/aromatic N) is 2. The van der Waals surface area contributed by atoms with Gasteiger partial charge in [-0.2, -0.15) is 0 Å². The van der Waals surface area contributed by atoms with E-state index in [1.54, 1.807) is 11.9 Å². The van der Waals surface area contributed by atoms with Crippen LogP contribution in [0, 0.1) is 0 Å². The van der Waals surface area contributed by atoms with E-state index in [9.17, 15) is 9.59 Å². The predicted octanol–water partition coefficient (Wildman–Crippen LogP) is -0.996. The molecule has 0 aromatic rings. The van der Waals surface area contributed by atoms with Crippen molar-refractivity contribution in [1.29, 1.82) is 0 Å². The fourth-order valence-electron chi connectivity index (χ4n) is 2.08. The van der Waals surface area contributed by atoms with Crippen molar-refractivity contribution in [2.75, 3.05) is 39.8 Å². The van der Waals surface area contributed by atoms with E-state index in [4.69, 9.17) is 5.73 Å². The summed E-state index contributed by atoms with van der Waals surface area (Å²) in [6.07, 6.45) is 1.65. The summed E-state index contributed by atoms with van der Waals surface area (Å²) in [6, 6.07) is -0.375. The van der Waals surface area contributed by atoms with Gasteiger partial charge in [0.25, 0.3) is 0 Å². The first-order chi connectivity index (χ1) is 8.58. The number of likely N-dealkylation sites (N-methyl/N-ethyl adjacent to an activating group) is 1. The third-order valence-corrected chi connectivity index (χ3v) is 3.25. The third kappa shape index (κ3) is 4.27. The molecule has 0 spiro atoms. The van der Waals surface area contributed by atoms with Gasteiger partial charge in [0.15, 0.2) is 0 Å². The number of nitrogens with one attached hydrogen (secondary N) is 1. The Bertz CT molecular complexity index is 288. The van der Waals surface area contributed by atoms with Crippen LogP contribution in [0.3, 0.4) is 0 Å². The number of carbonyl (C=O) groups is 2. The maximum Gasteiger partial charge on any atom is 0.239 e. The lowest BCUT2D eigenvalue weighted by Gasteiger charge is -2.35. The zero-order chi connectivity index (χ0) is 13.5. The fourth-order valence-corrected chi connectivity index (χ4v) is 2.08. The maximum absolute atomic E-state index is 12.0. The molecule has 1 fully saturated rings. The van der Waals surface area contributed by atoms with E-state index in [0.717, 1.165) is 25.9 Å². The van der Waals surface area contributed by atoms with E-state index in [1.165, 1.54) is 0 Å². The molecule has 18 heavy (non-hydrogen) atoms. The van der Waals surface area contributed by atoms with E-state index in [-0.39, 0.29) is 17.9 Å². The third-order valence-electron chi connectivity index (χ3n) is 3.25. The molecule has 0 aromatic heterocycles. The number of piperazine rings is 1. The zero-order valence-corrected chi connectivity index (χ0v) is 11.3. The summed E-state index contributed by atoms with van der Waals surface area (Å²) in [5.41, 5.74) is 5.83. The second kappa shape index (κ2) is 7.33. The Morgan fingerprint density at radius 2 is 1.89 bits per heavy atom. The van der Waals surface area contributed by atoms with Crippen molar-refractivity contribution in [1.82, 2.24) is 15.1 Å². The van der Waals surface area contributed by atoms with Crippen LogP contribution in [-0.2, 0) is 9.59 Å². The van der Waals surface area contributed by atoms with Gasteiger partial charge in [-0.3, -0.25) is 14.5 Å². The molecule has 0 aromatic carbocycles. The average Bonchev–Trinajstić information content (AvgIpc) is 2.39. The molecule has 6 nitrogen and oxygen atoms in total. The van der Waals surface area contributed by atoms with Crippen LogP contribution in [0.2, 0.25) is 0 Å². The van der Waals surface area contributed by atoms with Gasteiger partial charge in [0.1, 0.15) is 0 Å². The number of hydrogen-bond acceptors (Lipinski definition) is 4. The molecule has 3 N–H and O–H groups in total. The smallest absolute Gasteiger partial charge is 0.239 e. The molecule has 1 rings (SSSR count). The number of rotatable bonds is 5. The van der Waals surface area contributed by atoms with Gasteiger partial charge < -0.3 is 16.0 Å². The molecule has 0 aliphatic carbocycles. The number of carbonyl (C=O) groups excluding carboxylic acids is 2. The topological polar surface area (TPSA) is 78.7 Å². The minimum atomic E-state index is -0.375. The van der Waals surface area contributed by atoms with E-state index in [1.807, 2.05) is 11.8 Å². The summed E-state index contributed by atoms with van der Waals surface area (Å²) >= 11 is 0. The van der Waals surface area contributed by atoms with Crippen molar-refractivity contribution >= 4 is 11.8 Å². The van der Waals surface area contributed by atoms with Crippen molar-refractivity contribution in [3.63, 3.8) is 0 Å². The van der Waals surface area contributed by atoms with E-state index < -0.39 is 0 Å². The highest BCUT2D eigenvalue weighted by Crippen LogP contribution is 2.05. The monoisotopic (exact) mass is 256 g/mol. The Kier molecular flexibility index (Phi) is 6.07. The lowest BCUT2D eigenvalue weighted by Crippen LogP contribution is -2.54. The van der Waals surface area contributed by atoms with Crippen LogP contribution < -0.4 is 11.1 Å². The molecule has 1 heterocycles. The van der Waals surface area contributed by atoms with Crippen molar-refractivity contribution in [3.05, 3.63) is 0 Å². The molecule has 0 radical (unpaired) electrons. The van der Waals surface area contributed by atoms with Crippen LogP contribution >= 0.6 is 0 Å². The maximum atomic E-state index is 12.0. The van der Waals surface area contributed by atoms with E-state index >= 15 is 0 Å². The molecular weight excluding hydrogens is 232 g/mol. The van der Waals surface area contributed by atoms with E-state index in [0.29, 0.717) is 19.6 Å². The molecule has 0 saturated carbocycles. The first-order valence-electron chi connectivity index (χ1n) is 6.55. The Hall–Kier alpha value is -1.14. The Labute approximate surface area is 108 Å². The number of nitrogens with two attached hydrogens (primary N) is 1. The molecule has 2 amide bonds. The molecule has 0 bridgehead atoms. The van der Waals surface area contributed by atoms with Crippen molar-refractivity contribution < 1.29 is 9.59 Å². The van der Waals surface area contributed by atoms with Crippen molar-refractivity contribution in [3.8, 4) is 0 Å². The quantitative estimate of drug-likeness (QED) is 0.661. The first kappa shape index (κ1) is 14.9. The highest BCUT2D eigenvalue weighted by atomic mass is 16.2. The lowest BCUT2D eigenvalue weighted by molar-refractivity contribution is -0.134. The minimum absolute atomic E-state index is 0.0115. The largest absolute Gasteiger partial charge is 0.358 e. The molecular formula is C12H24N4O2. The lowest BCUT2D eigenvalue weighted by atomic mass is 10.1. The average molecular weight is 256 g/mol. The number of amides is 2. The van der Waals surface area contributed by atoms with Crippen LogP contribution in [0.25, 0.3) is 0 Å². The molecule has 1 aliphatic rings. The highest BCUT2D eigenvalue weighted by molar-refractivity contribution is 5.81. The second-order valence-corrected chi connectivity index (χ2v) is 4.67. The highest BCUT2D eigenvalue weighted by Gasteiger charge is 2.25. The minimum Gasteiger partial charge on any atom is -0.358 e. The van der Waals surface area contributed by atoms with Crippen molar-refractivity contribution in [2.45, 2.75) is 25.8 Å². The van der Waals surface area contributed by atoms with E-state index in [2.05, 4.69) is 5.32 Å². The molecule has 0 unspecified atom stereocenters. The Morgan fingerprint density at radius 1 is 1.28 bits per heavy atom. The van der Waals surface area contributed by atoms with Crippen LogP contribution in [0.4, 0.5) is 0 Å². The van der Waals surface area contributed by atoms with Crippen LogP contribution in [0.5, 0.6) is 0 Å². The van der Waals surface area contributed by atoms with Gasteiger partial charge in [0, 0.05) is 33.2 Å². The van der Waals surface area contributed by atoms with Gasteiger partial charge in [-0.05, 0) is 6.42 Å². The standard InChI is InChI=1S/C12H24N4O2/c1-3-4-10(13)12(18)16-7-5-15(6-8-16)9-11(17)14-2/h10H,3-9,13H2,1-2H3,(H,14,17)/t10-/m0/s1. The SMILES string of the molecule is CCC[C@H](N)C(=O)N1CCN(CC(=O)NC)CC1. The summed E-state index contributed by atoms with van der Waals surface area (Å²) in [5.74, 6) is 0.0499. The van der Waals surface area contributed by atoms with Crippen LogP contribution in [0.15, 0.2) is 0 Å². The molecule has 104 valence electrons. The second-order valence-electron chi connectivity index (χ2n) is 4.67. The summed E-state index contributed by atoms with van der Waals surface area (Å²) in [7, 11) is 1.63. The summed E-state index contributed by atoms with van der Waals surface area (Å²) in [5, 5.41) is 2.60. The van der Waals surface area contributed by atoms with Gasteiger partial charge >= 0.3 is 0 Å². The fraction of sp³-hybridized carbons (Fsp3) is 0.833. The molecule has 1 aliphatic heterocycles. The first-order valence-corrected chi connectivity index (χ1v) is 6.55. The molecule has 1 saturated heterocycles. The van der Waals surface area contributed by atoms with Gasteiger partial charge in [0.05, 0.1) is 12.6 Å². The van der Waals surface area contributed by atoms with Crippen LogP contribution in [0.1, 0.15) is 19.8 Å². The Morgan fingerprint density at radius 3 is 2.39 bits per heavy atom. The van der Waals surface area contributed by atoms with Gasteiger partial charge in [-0.25, -0.2) is 0 Å². The van der Waals surface area contributed by atoms with Gasteiger partial charge in [0.2, 0.25) is 11.8 Å². The summed E-state index contributed by atoms with van der Waals surface area (Å²) in [6.45, 7) is 5.21. The summed E-state index contributed by atoms with van der Waals surface area (Å²) < 4.78 is 0. The predicted molar refractivity (Wildman–Crippen MR) is 70.0 cm³/mol. The van der Waals surface area contributed by atoms with Crippen molar-refractivity contribution in [2.24, 2.45) is 5.73 Å².